The molecule has 0 saturated carbocycles. The molecular weight excluding hydrogens is 299 g/mol. The molecule has 0 amide bonds. The van der Waals surface area contributed by atoms with Crippen molar-refractivity contribution in [2.75, 3.05) is 14.2 Å². The van der Waals surface area contributed by atoms with Gasteiger partial charge >= 0.3 is 0 Å². The quantitative estimate of drug-likeness (QED) is 0.924. The van der Waals surface area contributed by atoms with E-state index in [1.54, 1.807) is 43.5 Å². The molecule has 0 radical (unpaired) electrons. The zero-order valence-corrected chi connectivity index (χ0v) is 12.6. The van der Waals surface area contributed by atoms with Gasteiger partial charge in [0.1, 0.15) is 6.10 Å². The second-order valence-electron chi connectivity index (χ2n) is 4.16. The Bertz CT molecular complexity index is 614. The first-order valence-electron chi connectivity index (χ1n) is 5.92. The largest absolute Gasteiger partial charge is 0.493 e. The molecule has 2 rings (SSSR count). The summed E-state index contributed by atoms with van der Waals surface area (Å²) in [6.45, 7) is 0. The standard InChI is InChI=1S/C15H14Cl2O3/c1-19-13-5-3-4-10(15(13)20-2)14(18)9-6-7-11(16)12(17)8-9/h3-8,14,18H,1-2H3. The lowest BCUT2D eigenvalue weighted by Crippen LogP contribution is -2.03. The van der Waals surface area contributed by atoms with E-state index in [1.165, 1.54) is 7.11 Å². The molecule has 20 heavy (non-hydrogen) atoms. The van der Waals surface area contributed by atoms with Crippen LogP contribution in [0.25, 0.3) is 0 Å². The Kier molecular flexibility index (Phi) is 4.76. The Morgan fingerprint density at radius 3 is 2.35 bits per heavy atom. The molecule has 2 aromatic rings. The van der Waals surface area contributed by atoms with Gasteiger partial charge in [-0.25, -0.2) is 0 Å². The fourth-order valence-corrected chi connectivity index (χ4v) is 2.30. The maximum atomic E-state index is 10.5. The first-order chi connectivity index (χ1) is 9.58. The summed E-state index contributed by atoms with van der Waals surface area (Å²) < 4.78 is 10.5. The molecule has 5 heteroatoms. The minimum absolute atomic E-state index is 0.394. The number of aliphatic hydroxyl groups excluding tert-OH is 1. The SMILES string of the molecule is COc1cccc(C(O)c2ccc(Cl)c(Cl)c2)c1OC. The van der Waals surface area contributed by atoms with E-state index in [0.29, 0.717) is 32.7 Å². The van der Waals surface area contributed by atoms with Crippen molar-refractivity contribution in [1.82, 2.24) is 0 Å². The molecule has 0 spiro atoms. The highest BCUT2D eigenvalue weighted by atomic mass is 35.5. The van der Waals surface area contributed by atoms with Crippen LogP contribution in [0.2, 0.25) is 10.0 Å². The summed E-state index contributed by atoms with van der Waals surface area (Å²) in [4.78, 5) is 0. The molecule has 0 aliphatic heterocycles. The van der Waals surface area contributed by atoms with E-state index in [4.69, 9.17) is 32.7 Å². The molecule has 1 N–H and O–H groups in total. The number of halogens is 2. The Labute approximate surface area is 127 Å². The highest BCUT2D eigenvalue weighted by Gasteiger charge is 2.19. The third-order valence-corrected chi connectivity index (χ3v) is 3.73. The van der Waals surface area contributed by atoms with Crippen LogP contribution in [0.1, 0.15) is 17.2 Å². The van der Waals surface area contributed by atoms with Crippen LogP contribution in [0.4, 0.5) is 0 Å². The van der Waals surface area contributed by atoms with Crippen molar-refractivity contribution in [3.05, 3.63) is 57.6 Å². The van der Waals surface area contributed by atoms with Gasteiger partial charge in [-0.2, -0.15) is 0 Å². The van der Waals surface area contributed by atoms with Gasteiger partial charge in [0, 0.05) is 5.56 Å². The van der Waals surface area contributed by atoms with Crippen molar-refractivity contribution in [3.63, 3.8) is 0 Å². The zero-order chi connectivity index (χ0) is 14.7. The highest BCUT2D eigenvalue weighted by Crippen LogP contribution is 2.38. The van der Waals surface area contributed by atoms with Crippen LogP contribution in [0, 0.1) is 0 Å². The number of benzene rings is 2. The van der Waals surface area contributed by atoms with Gasteiger partial charge in [-0.3, -0.25) is 0 Å². The summed E-state index contributed by atoms with van der Waals surface area (Å²) in [7, 11) is 3.08. The van der Waals surface area contributed by atoms with Crippen LogP contribution < -0.4 is 9.47 Å². The van der Waals surface area contributed by atoms with Crippen molar-refractivity contribution in [1.29, 1.82) is 0 Å². The molecule has 1 atom stereocenters. The van der Waals surface area contributed by atoms with Crippen LogP contribution >= 0.6 is 23.2 Å². The van der Waals surface area contributed by atoms with E-state index >= 15 is 0 Å². The topological polar surface area (TPSA) is 38.7 Å². The summed E-state index contributed by atoms with van der Waals surface area (Å²) in [6, 6.07) is 10.3. The van der Waals surface area contributed by atoms with E-state index in [9.17, 15) is 5.11 Å². The number of rotatable bonds is 4. The molecule has 0 fully saturated rings. The molecule has 0 saturated heterocycles. The van der Waals surface area contributed by atoms with E-state index in [2.05, 4.69) is 0 Å². The Morgan fingerprint density at radius 2 is 1.75 bits per heavy atom. The van der Waals surface area contributed by atoms with E-state index in [-0.39, 0.29) is 0 Å². The molecule has 0 aliphatic carbocycles. The van der Waals surface area contributed by atoms with Crippen molar-refractivity contribution >= 4 is 23.2 Å². The van der Waals surface area contributed by atoms with Crippen molar-refractivity contribution in [3.8, 4) is 11.5 Å². The Morgan fingerprint density at radius 1 is 1.00 bits per heavy atom. The maximum absolute atomic E-state index is 10.5. The smallest absolute Gasteiger partial charge is 0.166 e. The number of hydrogen-bond donors (Lipinski definition) is 1. The second-order valence-corrected chi connectivity index (χ2v) is 4.97. The molecule has 0 bridgehead atoms. The van der Waals surface area contributed by atoms with Crippen LogP contribution in [0.5, 0.6) is 11.5 Å². The lowest BCUT2D eigenvalue weighted by atomic mass is 10.0. The number of methoxy groups -OCH3 is 2. The fraction of sp³-hybridized carbons (Fsp3) is 0.200. The molecule has 106 valence electrons. The van der Waals surface area contributed by atoms with E-state index in [1.807, 2.05) is 0 Å². The summed E-state index contributed by atoms with van der Waals surface area (Å²) >= 11 is 11.9. The first-order valence-corrected chi connectivity index (χ1v) is 6.68. The first kappa shape index (κ1) is 15.0. The molecular formula is C15H14Cl2O3. The zero-order valence-electron chi connectivity index (χ0n) is 11.1. The average molecular weight is 313 g/mol. The van der Waals surface area contributed by atoms with Crippen LogP contribution in [-0.2, 0) is 0 Å². The monoisotopic (exact) mass is 312 g/mol. The summed E-state index contributed by atoms with van der Waals surface area (Å²) in [6.07, 6.45) is -0.880. The second kappa shape index (κ2) is 6.35. The number of para-hydroxylation sites is 1. The molecule has 0 aromatic heterocycles. The number of aliphatic hydroxyl groups is 1. The van der Waals surface area contributed by atoms with Crippen molar-refractivity contribution in [2.24, 2.45) is 0 Å². The van der Waals surface area contributed by atoms with Crippen molar-refractivity contribution < 1.29 is 14.6 Å². The molecule has 2 aromatic carbocycles. The van der Waals surface area contributed by atoms with Gasteiger partial charge in [-0.05, 0) is 23.8 Å². The lowest BCUT2D eigenvalue weighted by molar-refractivity contribution is 0.213. The molecule has 0 heterocycles. The van der Waals surface area contributed by atoms with Gasteiger partial charge in [0.25, 0.3) is 0 Å². The predicted molar refractivity (Wildman–Crippen MR) is 80.1 cm³/mol. The van der Waals surface area contributed by atoms with Gasteiger partial charge in [0.15, 0.2) is 11.5 Å². The Hall–Kier alpha value is -1.42. The highest BCUT2D eigenvalue weighted by molar-refractivity contribution is 6.42. The fourth-order valence-electron chi connectivity index (χ4n) is 1.99. The third kappa shape index (κ3) is 2.85. The predicted octanol–water partition coefficient (Wildman–Crippen LogP) is 4.09. The average Bonchev–Trinajstić information content (AvgIpc) is 2.48. The lowest BCUT2D eigenvalue weighted by Gasteiger charge is -2.17. The van der Waals surface area contributed by atoms with Crippen LogP contribution in [0.3, 0.4) is 0 Å². The van der Waals surface area contributed by atoms with Crippen LogP contribution in [-0.4, -0.2) is 19.3 Å². The van der Waals surface area contributed by atoms with Gasteiger partial charge in [-0.15, -0.1) is 0 Å². The maximum Gasteiger partial charge on any atom is 0.166 e. The molecule has 3 nitrogen and oxygen atoms in total. The summed E-state index contributed by atoms with van der Waals surface area (Å²) in [5.41, 5.74) is 1.23. The minimum Gasteiger partial charge on any atom is -0.493 e. The normalized spacial score (nSPS) is 12.1. The van der Waals surface area contributed by atoms with Gasteiger partial charge < -0.3 is 14.6 Å². The van der Waals surface area contributed by atoms with Crippen molar-refractivity contribution in [2.45, 2.75) is 6.10 Å². The third-order valence-electron chi connectivity index (χ3n) is 2.99. The van der Waals surface area contributed by atoms with E-state index < -0.39 is 6.10 Å². The number of hydrogen-bond acceptors (Lipinski definition) is 3. The molecule has 0 aliphatic rings. The Balaban J connectivity index is 2.47. The van der Waals surface area contributed by atoms with E-state index in [0.717, 1.165) is 0 Å². The van der Waals surface area contributed by atoms with Gasteiger partial charge in [-0.1, -0.05) is 41.4 Å². The van der Waals surface area contributed by atoms with Gasteiger partial charge in [0.2, 0.25) is 0 Å². The summed E-state index contributed by atoms with van der Waals surface area (Å²) in [5, 5.41) is 11.3. The summed E-state index contributed by atoms with van der Waals surface area (Å²) in [5.74, 6) is 1.05. The van der Waals surface area contributed by atoms with Crippen LogP contribution in [0.15, 0.2) is 36.4 Å². The van der Waals surface area contributed by atoms with Gasteiger partial charge in [0.05, 0.1) is 24.3 Å². The minimum atomic E-state index is -0.880. The number of ether oxygens (including phenoxy) is 2. The molecule has 1 unspecified atom stereocenters.